The number of alkyl carbamates (subject to hydrolysis) is 1. The Morgan fingerprint density at radius 2 is 1.62 bits per heavy atom. The van der Waals surface area contributed by atoms with Crippen LogP contribution in [-0.4, -0.2) is 46.5 Å². The van der Waals surface area contributed by atoms with Crippen molar-refractivity contribution in [2.45, 2.75) is 125 Å². The maximum atomic E-state index is 14.4. The molecule has 37 heavy (non-hydrogen) atoms. The predicted molar refractivity (Wildman–Crippen MR) is 150 cm³/mol. The van der Waals surface area contributed by atoms with Crippen molar-refractivity contribution < 1.29 is 19.1 Å². The molecule has 2 atom stereocenters. The predicted octanol–water partition coefficient (Wildman–Crippen LogP) is 6.30. The van der Waals surface area contributed by atoms with Crippen molar-refractivity contribution in [2.24, 2.45) is 5.92 Å². The van der Waals surface area contributed by atoms with Crippen LogP contribution in [-0.2, 0) is 14.3 Å². The van der Waals surface area contributed by atoms with E-state index in [0.29, 0.717) is 19.4 Å². The van der Waals surface area contributed by atoms with Crippen molar-refractivity contribution in [3.63, 3.8) is 0 Å². The molecule has 0 aliphatic carbocycles. The number of amides is 3. The molecule has 210 valence electrons. The van der Waals surface area contributed by atoms with Crippen LogP contribution in [0.3, 0.4) is 0 Å². The number of hydrogen-bond acceptors (Lipinski definition) is 4. The second kappa shape index (κ2) is 14.4. The first-order chi connectivity index (χ1) is 17.1. The first-order valence-corrected chi connectivity index (χ1v) is 13.8. The largest absolute Gasteiger partial charge is 0.444 e. The summed E-state index contributed by atoms with van der Waals surface area (Å²) in [6.45, 7) is 20.0. The van der Waals surface area contributed by atoms with Crippen molar-refractivity contribution in [2.75, 3.05) is 6.54 Å². The van der Waals surface area contributed by atoms with E-state index in [2.05, 4.69) is 17.6 Å². The number of hydrogen-bond donors (Lipinski definition) is 2. The summed E-state index contributed by atoms with van der Waals surface area (Å²) < 4.78 is 5.48. The molecule has 7 heteroatoms. The van der Waals surface area contributed by atoms with Gasteiger partial charge in [-0.25, -0.2) is 4.79 Å². The quantitative estimate of drug-likeness (QED) is 0.301. The number of benzene rings is 1. The van der Waals surface area contributed by atoms with E-state index in [4.69, 9.17) is 4.74 Å². The Bertz CT molecular complexity index is 889. The maximum absolute atomic E-state index is 14.4. The highest BCUT2D eigenvalue weighted by molar-refractivity contribution is 5.92. The first kappa shape index (κ1) is 32.5. The van der Waals surface area contributed by atoms with Gasteiger partial charge in [0.2, 0.25) is 11.8 Å². The lowest BCUT2D eigenvalue weighted by atomic mass is 9.89. The Kier molecular flexibility index (Phi) is 12.6. The van der Waals surface area contributed by atoms with Crippen LogP contribution in [0.25, 0.3) is 0 Å². The molecule has 1 aromatic carbocycles. The normalized spacial score (nSPS) is 13.6. The molecular formula is C30H51N3O4. The Labute approximate surface area is 225 Å². The Balaban J connectivity index is 3.58. The molecule has 0 saturated heterocycles. The van der Waals surface area contributed by atoms with Gasteiger partial charge >= 0.3 is 6.09 Å². The van der Waals surface area contributed by atoms with Crippen LogP contribution in [0.2, 0.25) is 0 Å². The number of carbonyl (C=O) groups is 3. The molecule has 0 saturated carbocycles. The van der Waals surface area contributed by atoms with Gasteiger partial charge in [0, 0.05) is 12.1 Å². The molecule has 0 radical (unpaired) electrons. The molecule has 0 spiro atoms. The summed E-state index contributed by atoms with van der Waals surface area (Å²) in [5, 5.41) is 5.90. The SMILES string of the molecule is CCCCCNC(=O)C(c1ccccc1C)N(C(=O)C(CC(C)C)NC(=O)OC(C)(C)C)C(C)(C)CC. The van der Waals surface area contributed by atoms with Gasteiger partial charge in [-0.1, -0.05) is 64.8 Å². The fourth-order valence-corrected chi connectivity index (χ4v) is 4.23. The van der Waals surface area contributed by atoms with Crippen molar-refractivity contribution in [3.8, 4) is 0 Å². The third-order valence-electron chi connectivity index (χ3n) is 6.52. The van der Waals surface area contributed by atoms with Crippen LogP contribution in [0.4, 0.5) is 4.79 Å². The number of ether oxygens (including phenoxy) is 1. The third-order valence-corrected chi connectivity index (χ3v) is 6.52. The molecule has 1 rings (SSSR count). The summed E-state index contributed by atoms with van der Waals surface area (Å²) in [6.07, 6.45) is 3.37. The van der Waals surface area contributed by atoms with E-state index in [9.17, 15) is 14.4 Å². The number of rotatable bonds is 13. The summed E-state index contributed by atoms with van der Waals surface area (Å²) in [4.78, 5) is 42.6. The molecule has 0 heterocycles. The van der Waals surface area contributed by atoms with Crippen LogP contribution in [0.5, 0.6) is 0 Å². The zero-order valence-corrected chi connectivity index (χ0v) is 24.9. The second-order valence-corrected chi connectivity index (χ2v) is 12.0. The van der Waals surface area contributed by atoms with E-state index in [0.717, 1.165) is 30.4 Å². The van der Waals surface area contributed by atoms with Gasteiger partial charge in [-0.3, -0.25) is 9.59 Å². The van der Waals surface area contributed by atoms with Gasteiger partial charge in [-0.2, -0.15) is 0 Å². The summed E-state index contributed by atoms with van der Waals surface area (Å²) in [7, 11) is 0. The number of nitrogens with zero attached hydrogens (tertiary/aromatic N) is 1. The van der Waals surface area contributed by atoms with Crippen molar-refractivity contribution in [1.82, 2.24) is 15.5 Å². The topological polar surface area (TPSA) is 87.7 Å². The van der Waals surface area contributed by atoms with Gasteiger partial charge in [0.25, 0.3) is 0 Å². The lowest BCUT2D eigenvalue weighted by Crippen LogP contribution is -2.59. The van der Waals surface area contributed by atoms with Gasteiger partial charge in [0.05, 0.1) is 0 Å². The molecule has 2 N–H and O–H groups in total. The molecule has 7 nitrogen and oxygen atoms in total. The standard InChI is InChI=1S/C30H51N3O4/c1-11-13-16-19-31-26(34)25(23-18-15-14-17-22(23)5)33(30(9,10)12-2)27(35)24(20-21(3)4)32-28(36)37-29(6,7)8/h14-15,17-18,21,24-25H,11-13,16,19-20H2,1-10H3,(H,31,34)(H,32,36). The Morgan fingerprint density at radius 3 is 2.14 bits per heavy atom. The molecule has 0 fully saturated rings. The summed E-state index contributed by atoms with van der Waals surface area (Å²) in [6, 6.07) is 6.03. The zero-order chi connectivity index (χ0) is 28.4. The van der Waals surface area contributed by atoms with Gasteiger partial charge in [-0.05, 0) is 77.8 Å². The molecule has 2 unspecified atom stereocenters. The highest BCUT2D eigenvalue weighted by Crippen LogP contribution is 2.34. The Hall–Kier alpha value is -2.57. The zero-order valence-electron chi connectivity index (χ0n) is 24.9. The molecule has 0 aromatic heterocycles. The maximum Gasteiger partial charge on any atom is 0.408 e. The average molecular weight is 518 g/mol. The van der Waals surface area contributed by atoms with Crippen LogP contribution in [0.15, 0.2) is 24.3 Å². The number of aryl methyl sites for hydroxylation is 1. The molecule has 0 bridgehead atoms. The number of carbonyl (C=O) groups excluding carboxylic acids is 3. The van der Waals surface area contributed by atoms with Gasteiger partial charge < -0.3 is 20.3 Å². The van der Waals surface area contributed by atoms with Crippen molar-refractivity contribution >= 4 is 17.9 Å². The smallest absolute Gasteiger partial charge is 0.408 e. The number of unbranched alkanes of at least 4 members (excludes halogenated alkanes) is 2. The van der Waals surface area contributed by atoms with Crippen molar-refractivity contribution in [1.29, 1.82) is 0 Å². The summed E-state index contributed by atoms with van der Waals surface area (Å²) in [5.41, 5.74) is 0.364. The van der Waals surface area contributed by atoms with E-state index < -0.39 is 29.3 Å². The van der Waals surface area contributed by atoms with E-state index in [1.807, 2.05) is 65.8 Å². The highest BCUT2D eigenvalue weighted by Gasteiger charge is 2.43. The second-order valence-electron chi connectivity index (χ2n) is 12.0. The molecule has 1 aromatic rings. The first-order valence-electron chi connectivity index (χ1n) is 13.8. The monoisotopic (exact) mass is 517 g/mol. The van der Waals surface area contributed by atoms with Crippen LogP contribution in [0.1, 0.15) is 112 Å². The minimum absolute atomic E-state index is 0.134. The average Bonchev–Trinajstić information content (AvgIpc) is 2.78. The lowest BCUT2D eigenvalue weighted by Gasteiger charge is -2.45. The van der Waals surface area contributed by atoms with E-state index in [-0.39, 0.29) is 17.7 Å². The van der Waals surface area contributed by atoms with E-state index in [1.165, 1.54) is 0 Å². The lowest BCUT2D eigenvalue weighted by molar-refractivity contribution is -0.149. The molecule has 0 aliphatic heterocycles. The van der Waals surface area contributed by atoms with Gasteiger partial charge in [0.15, 0.2) is 0 Å². The van der Waals surface area contributed by atoms with Crippen molar-refractivity contribution in [3.05, 3.63) is 35.4 Å². The number of nitrogens with one attached hydrogen (secondary N) is 2. The molecule has 0 aliphatic rings. The Morgan fingerprint density at radius 1 is 1.00 bits per heavy atom. The van der Waals surface area contributed by atoms with Crippen LogP contribution >= 0.6 is 0 Å². The third kappa shape index (κ3) is 10.4. The highest BCUT2D eigenvalue weighted by atomic mass is 16.6. The van der Waals surface area contributed by atoms with Crippen LogP contribution < -0.4 is 10.6 Å². The fourth-order valence-electron chi connectivity index (χ4n) is 4.23. The van der Waals surface area contributed by atoms with Crippen LogP contribution in [0, 0.1) is 12.8 Å². The molecule has 3 amide bonds. The fraction of sp³-hybridized carbons (Fsp3) is 0.700. The van der Waals surface area contributed by atoms with E-state index >= 15 is 0 Å². The van der Waals surface area contributed by atoms with Gasteiger partial charge in [-0.15, -0.1) is 0 Å². The van der Waals surface area contributed by atoms with E-state index in [1.54, 1.807) is 25.7 Å². The summed E-state index contributed by atoms with van der Waals surface area (Å²) in [5.74, 6) is -0.362. The molecular weight excluding hydrogens is 466 g/mol. The minimum atomic E-state index is -0.833. The van der Waals surface area contributed by atoms with Gasteiger partial charge in [0.1, 0.15) is 17.7 Å². The summed E-state index contributed by atoms with van der Waals surface area (Å²) >= 11 is 0. The minimum Gasteiger partial charge on any atom is -0.444 e.